The Balaban J connectivity index is 1.67. The van der Waals surface area contributed by atoms with E-state index in [2.05, 4.69) is 33.8 Å². The van der Waals surface area contributed by atoms with Crippen LogP contribution >= 0.6 is 0 Å². The number of unbranched alkanes of at least 4 members (excludes halogenated alkanes) is 1. The number of nitro groups is 1. The van der Waals surface area contributed by atoms with Crippen molar-refractivity contribution in [2.45, 2.75) is 111 Å². The maximum absolute atomic E-state index is 13.5. The molecule has 2 aliphatic heterocycles. The molecule has 1 aromatic rings. The number of esters is 1. The fourth-order valence-corrected chi connectivity index (χ4v) is 5.28. The molecule has 0 aromatic heterocycles. The van der Waals surface area contributed by atoms with Gasteiger partial charge in [0.15, 0.2) is 5.75 Å². The quantitative estimate of drug-likeness (QED) is 0.0441. The molecule has 0 saturated carbocycles. The van der Waals surface area contributed by atoms with Crippen LogP contribution in [0.15, 0.2) is 60.7 Å². The van der Waals surface area contributed by atoms with Crippen molar-refractivity contribution in [2.24, 2.45) is 22.7 Å². The molecule has 2 aliphatic rings. The molecule has 1 aromatic carbocycles. The Bertz CT molecular complexity index is 1200. The number of allylic oxidation sites excluding steroid dienone is 3. The second-order valence-corrected chi connectivity index (χ2v) is 13.0. The first-order chi connectivity index (χ1) is 20.9. The number of epoxide rings is 1. The highest BCUT2D eigenvalue weighted by molar-refractivity contribution is 5.77. The molecule has 3 rings (SSSR count). The third-order valence-electron chi connectivity index (χ3n) is 9.55. The maximum Gasteiger partial charge on any atom is 0.362 e. The molecule has 9 nitrogen and oxygen atoms in total. The lowest BCUT2D eigenvalue weighted by molar-refractivity contribution is -0.384. The van der Waals surface area contributed by atoms with Crippen LogP contribution < -0.4 is 4.89 Å². The molecule has 1 saturated heterocycles. The first kappa shape index (κ1) is 35.0. The number of carbonyl (C=O) groups excluding carboxylic acids is 2. The van der Waals surface area contributed by atoms with Crippen molar-refractivity contribution in [3.05, 3.63) is 70.8 Å². The predicted octanol–water partition coefficient (Wildman–Crippen LogP) is 8.24. The summed E-state index contributed by atoms with van der Waals surface area (Å²) in [5, 5.41) is 10.9. The Morgan fingerprint density at radius 1 is 1.09 bits per heavy atom. The van der Waals surface area contributed by atoms with Crippen molar-refractivity contribution < 1.29 is 33.8 Å². The van der Waals surface area contributed by atoms with Crippen molar-refractivity contribution in [1.82, 2.24) is 0 Å². The van der Waals surface area contributed by atoms with Crippen LogP contribution in [0.2, 0.25) is 0 Å². The van der Waals surface area contributed by atoms with Gasteiger partial charge in [-0.15, -0.1) is 0 Å². The number of nitro benzene ring substituents is 1. The average Bonchev–Trinajstić information content (AvgIpc) is 3.75. The Kier molecular flexibility index (Phi) is 12.8. The smallest absolute Gasteiger partial charge is 0.362 e. The summed E-state index contributed by atoms with van der Waals surface area (Å²) in [6.45, 7) is 12.3. The molecule has 1 fully saturated rings. The highest BCUT2D eigenvalue weighted by Crippen LogP contribution is 2.47. The van der Waals surface area contributed by atoms with Crippen molar-refractivity contribution in [1.29, 1.82) is 0 Å². The summed E-state index contributed by atoms with van der Waals surface area (Å²) >= 11 is 0. The molecule has 0 N–H and O–H groups in total. The number of rotatable bonds is 12. The first-order valence-corrected chi connectivity index (χ1v) is 15.9. The molecule has 44 heavy (non-hydrogen) atoms. The normalized spacial score (nSPS) is 27.6. The Hall–Kier alpha value is -3.46. The fourth-order valence-electron chi connectivity index (χ4n) is 5.28. The molecule has 0 bridgehead atoms. The average molecular weight is 612 g/mol. The van der Waals surface area contributed by atoms with Gasteiger partial charge in [-0.2, -0.15) is 0 Å². The van der Waals surface area contributed by atoms with Gasteiger partial charge in [0.25, 0.3) is 5.69 Å². The summed E-state index contributed by atoms with van der Waals surface area (Å²) < 4.78 is 11.8. The lowest BCUT2D eigenvalue weighted by atomic mass is 9.60. The van der Waals surface area contributed by atoms with Crippen LogP contribution in [-0.2, 0) is 24.0 Å². The lowest BCUT2D eigenvalue weighted by Crippen LogP contribution is -2.45. The van der Waals surface area contributed by atoms with E-state index in [4.69, 9.17) is 19.2 Å². The van der Waals surface area contributed by atoms with E-state index < -0.39 is 33.7 Å². The molecule has 5 unspecified atom stereocenters. The molecule has 0 spiro atoms. The maximum atomic E-state index is 13.5. The number of hydrogen-bond acceptors (Lipinski definition) is 8. The predicted molar refractivity (Wildman–Crippen MR) is 169 cm³/mol. The second-order valence-electron chi connectivity index (χ2n) is 13.0. The summed E-state index contributed by atoms with van der Waals surface area (Å²) in [7, 11) is 0. The standard InChI is InChI=1S/C35H49NO8/c1-7-8-17-30-31(42-30)18-12-10-9-11-15-28-16-13-14-26(20-19-25(2)34(3,4)35(5,6)33(38)41-28)32(37)44-43-29-23-21-27(22-24-29)36(39)40/h9-11,13-15,21-26,28,30-31H,7-8,12,16-20H2,1-6H3/b10-9?,14-13-,15-11?. The van der Waals surface area contributed by atoms with E-state index in [9.17, 15) is 19.7 Å². The summed E-state index contributed by atoms with van der Waals surface area (Å²) in [5.74, 6) is -1.14. The zero-order chi connectivity index (χ0) is 32.3. The highest BCUT2D eigenvalue weighted by Gasteiger charge is 2.48. The van der Waals surface area contributed by atoms with Crippen molar-refractivity contribution >= 4 is 17.6 Å². The van der Waals surface area contributed by atoms with E-state index in [0.29, 0.717) is 31.5 Å². The van der Waals surface area contributed by atoms with E-state index in [1.54, 1.807) is 6.08 Å². The van der Waals surface area contributed by atoms with Crippen molar-refractivity contribution in [3.8, 4) is 5.75 Å². The number of carbonyl (C=O) groups is 2. The van der Waals surface area contributed by atoms with Gasteiger partial charge in [0.2, 0.25) is 0 Å². The minimum Gasteiger partial charge on any atom is -0.457 e. The van der Waals surface area contributed by atoms with Crippen LogP contribution in [0.3, 0.4) is 0 Å². The van der Waals surface area contributed by atoms with Crippen LogP contribution in [0.4, 0.5) is 5.69 Å². The Morgan fingerprint density at radius 3 is 2.48 bits per heavy atom. The fraction of sp³-hybridized carbons (Fsp3) is 0.600. The van der Waals surface area contributed by atoms with Crippen LogP contribution in [-0.4, -0.2) is 35.2 Å². The molecule has 0 aliphatic carbocycles. The van der Waals surface area contributed by atoms with Gasteiger partial charge >= 0.3 is 11.9 Å². The summed E-state index contributed by atoms with van der Waals surface area (Å²) in [4.78, 5) is 47.2. The Morgan fingerprint density at radius 2 is 1.80 bits per heavy atom. The van der Waals surface area contributed by atoms with Gasteiger partial charge in [-0.1, -0.05) is 70.9 Å². The zero-order valence-corrected chi connectivity index (χ0v) is 27.0. The van der Waals surface area contributed by atoms with E-state index >= 15 is 0 Å². The number of cyclic esters (lactones) is 1. The minimum atomic E-state index is -0.773. The van der Waals surface area contributed by atoms with Gasteiger partial charge in [0.05, 0.1) is 28.5 Å². The first-order valence-electron chi connectivity index (χ1n) is 15.9. The van der Waals surface area contributed by atoms with Crippen LogP contribution in [0.25, 0.3) is 0 Å². The Labute approximate surface area is 261 Å². The van der Waals surface area contributed by atoms with Gasteiger partial charge in [0.1, 0.15) is 6.10 Å². The zero-order valence-electron chi connectivity index (χ0n) is 27.0. The topological polar surface area (TPSA) is 118 Å². The van der Waals surface area contributed by atoms with E-state index in [1.807, 2.05) is 38.2 Å². The summed E-state index contributed by atoms with van der Waals surface area (Å²) in [5.41, 5.74) is -1.29. The number of non-ortho nitro benzene ring substituents is 1. The van der Waals surface area contributed by atoms with Gasteiger partial charge in [-0.05, 0) is 75.5 Å². The third kappa shape index (κ3) is 9.78. The van der Waals surface area contributed by atoms with Crippen LogP contribution in [0, 0.1) is 32.8 Å². The summed E-state index contributed by atoms with van der Waals surface area (Å²) in [6, 6.07) is 5.30. The van der Waals surface area contributed by atoms with Gasteiger partial charge in [0, 0.05) is 18.6 Å². The number of ether oxygens (including phenoxy) is 2. The highest BCUT2D eigenvalue weighted by atomic mass is 17.2. The van der Waals surface area contributed by atoms with Crippen LogP contribution in [0.1, 0.15) is 92.9 Å². The largest absolute Gasteiger partial charge is 0.457 e. The van der Waals surface area contributed by atoms with E-state index in [0.717, 1.165) is 19.3 Å². The number of nitrogens with zero attached hydrogens (tertiary/aromatic N) is 1. The lowest BCUT2D eigenvalue weighted by Gasteiger charge is -2.44. The molecule has 0 amide bonds. The second kappa shape index (κ2) is 16.0. The molecule has 5 atom stereocenters. The van der Waals surface area contributed by atoms with Crippen LogP contribution in [0.5, 0.6) is 5.75 Å². The van der Waals surface area contributed by atoms with Gasteiger partial charge in [-0.25, -0.2) is 9.68 Å². The van der Waals surface area contributed by atoms with E-state index in [-0.39, 0.29) is 23.3 Å². The molecule has 242 valence electrons. The molecular formula is C35H49NO8. The minimum absolute atomic E-state index is 0.0812. The SMILES string of the molecule is CCCCC1OC1CCC=CC=CC1C/C=C\C(C(=O)OOc2ccc([N+](=O)[O-])cc2)CCC(C)C(C)(C)C(C)(C)C(=O)O1. The molecular weight excluding hydrogens is 562 g/mol. The van der Waals surface area contributed by atoms with E-state index in [1.165, 1.54) is 37.1 Å². The van der Waals surface area contributed by atoms with Crippen molar-refractivity contribution in [3.63, 3.8) is 0 Å². The summed E-state index contributed by atoms with van der Waals surface area (Å²) in [6.07, 6.45) is 18.8. The monoisotopic (exact) mass is 611 g/mol. The number of benzene rings is 1. The molecule has 9 heteroatoms. The third-order valence-corrected chi connectivity index (χ3v) is 9.55. The van der Waals surface area contributed by atoms with Gasteiger partial charge in [-0.3, -0.25) is 19.8 Å². The number of hydrogen-bond donors (Lipinski definition) is 0. The van der Waals surface area contributed by atoms with Gasteiger partial charge < -0.3 is 9.47 Å². The van der Waals surface area contributed by atoms with Crippen molar-refractivity contribution in [2.75, 3.05) is 0 Å². The molecule has 2 heterocycles. The molecule has 0 radical (unpaired) electrons.